The van der Waals surface area contributed by atoms with E-state index in [9.17, 15) is 13.2 Å². The monoisotopic (exact) mass is 420 g/mol. The lowest BCUT2D eigenvalue weighted by Gasteiger charge is -2.36. The van der Waals surface area contributed by atoms with E-state index < -0.39 is 16.0 Å². The first-order chi connectivity index (χ1) is 13.3. The minimum atomic E-state index is -3.90. The van der Waals surface area contributed by atoms with Crippen LogP contribution in [0.4, 0.5) is 5.69 Å². The van der Waals surface area contributed by atoms with Crippen LogP contribution in [0.25, 0.3) is 0 Å². The van der Waals surface area contributed by atoms with Crippen molar-refractivity contribution in [2.75, 3.05) is 31.6 Å². The van der Waals surface area contributed by atoms with Gasteiger partial charge in [0.05, 0.1) is 18.8 Å². The third-order valence-corrected chi connectivity index (χ3v) is 8.94. The van der Waals surface area contributed by atoms with Gasteiger partial charge in [0.15, 0.2) is 0 Å². The SMILES string of the molecule is COC(=O)c1scc(C)c1S(=O)(=O)N1c2ccc(C)cc2[C@H]2CN(C)CC[C@@H]21. The molecule has 0 radical (unpaired) electrons. The van der Waals surface area contributed by atoms with Crippen LogP contribution in [0, 0.1) is 13.8 Å². The molecule has 2 atom stereocenters. The summed E-state index contributed by atoms with van der Waals surface area (Å²) in [6, 6.07) is 5.82. The third-order valence-electron chi connectivity index (χ3n) is 5.71. The Morgan fingerprint density at radius 2 is 2.04 bits per heavy atom. The van der Waals surface area contributed by atoms with Crippen molar-refractivity contribution in [1.82, 2.24) is 4.90 Å². The number of thiophene rings is 1. The summed E-state index contributed by atoms with van der Waals surface area (Å²) in [5, 5.41) is 1.71. The summed E-state index contributed by atoms with van der Waals surface area (Å²) in [4.78, 5) is 14.7. The Bertz CT molecular complexity index is 1040. The summed E-state index contributed by atoms with van der Waals surface area (Å²) >= 11 is 1.12. The van der Waals surface area contributed by atoms with E-state index in [1.165, 1.54) is 7.11 Å². The van der Waals surface area contributed by atoms with Gasteiger partial charge in [0.1, 0.15) is 9.77 Å². The molecule has 1 aromatic heterocycles. The van der Waals surface area contributed by atoms with Crippen molar-refractivity contribution in [3.63, 3.8) is 0 Å². The van der Waals surface area contributed by atoms with E-state index in [0.29, 0.717) is 5.56 Å². The number of likely N-dealkylation sites (N-methyl/N-ethyl adjacent to an activating group) is 1. The van der Waals surface area contributed by atoms with Crippen molar-refractivity contribution in [1.29, 1.82) is 0 Å². The van der Waals surface area contributed by atoms with E-state index >= 15 is 0 Å². The van der Waals surface area contributed by atoms with Gasteiger partial charge >= 0.3 is 5.97 Å². The highest BCUT2D eigenvalue weighted by atomic mass is 32.2. The number of nitrogens with zero attached hydrogens (tertiary/aromatic N) is 2. The number of fused-ring (bicyclic) bond motifs is 3. The maximum atomic E-state index is 13.9. The molecule has 2 aliphatic rings. The molecule has 0 saturated carbocycles. The second kappa shape index (κ2) is 6.86. The van der Waals surface area contributed by atoms with Gasteiger partial charge < -0.3 is 9.64 Å². The summed E-state index contributed by atoms with van der Waals surface area (Å²) in [5.74, 6) is -0.483. The largest absolute Gasteiger partial charge is 0.465 e. The van der Waals surface area contributed by atoms with Gasteiger partial charge in [0, 0.05) is 12.5 Å². The summed E-state index contributed by atoms with van der Waals surface area (Å²) in [6.07, 6.45) is 0.755. The summed E-state index contributed by atoms with van der Waals surface area (Å²) in [6.45, 7) is 5.41. The van der Waals surface area contributed by atoms with E-state index in [1.54, 1.807) is 16.6 Å². The molecule has 150 valence electrons. The number of hydrogen-bond donors (Lipinski definition) is 0. The molecule has 0 bridgehead atoms. The predicted octanol–water partition coefficient (Wildman–Crippen LogP) is 3.15. The fourth-order valence-corrected chi connectivity index (χ4v) is 7.84. The molecule has 2 aliphatic heterocycles. The van der Waals surface area contributed by atoms with Gasteiger partial charge in [-0.15, -0.1) is 11.3 Å². The Balaban J connectivity index is 1.89. The number of hydrogen-bond acceptors (Lipinski definition) is 6. The number of anilines is 1. The Hall–Kier alpha value is -1.90. The van der Waals surface area contributed by atoms with Gasteiger partial charge in [-0.2, -0.15) is 0 Å². The molecule has 2 aromatic rings. The third kappa shape index (κ3) is 2.86. The Kier molecular flexibility index (Phi) is 4.76. The molecule has 0 aliphatic carbocycles. The zero-order valence-corrected chi connectivity index (χ0v) is 18.1. The second-order valence-corrected chi connectivity index (χ2v) is 10.3. The van der Waals surface area contributed by atoms with Crippen molar-refractivity contribution in [3.05, 3.63) is 45.1 Å². The van der Waals surface area contributed by atoms with E-state index in [1.807, 2.05) is 19.1 Å². The van der Waals surface area contributed by atoms with E-state index in [2.05, 4.69) is 18.0 Å². The second-order valence-electron chi connectivity index (χ2n) is 7.66. The van der Waals surface area contributed by atoms with Gasteiger partial charge in [-0.05, 0) is 56.4 Å². The maximum absolute atomic E-state index is 13.9. The standard InChI is InChI=1S/C20H24N2O4S2/c1-12-5-6-16-14(9-12)15-10-21(3)8-7-17(15)22(16)28(24,25)19-13(2)11-27-18(19)20(23)26-4/h5-6,9,11,15,17H,7-8,10H2,1-4H3/t15-,17+/m1/s1. The number of esters is 1. The molecule has 0 N–H and O–H groups in total. The molecule has 4 rings (SSSR count). The highest BCUT2D eigenvalue weighted by Crippen LogP contribution is 2.48. The van der Waals surface area contributed by atoms with E-state index in [4.69, 9.17) is 4.74 Å². The summed E-state index contributed by atoms with van der Waals surface area (Å²) < 4.78 is 34.1. The zero-order chi connectivity index (χ0) is 20.2. The van der Waals surface area contributed by atoms with Gasteiger partial charge in [-0.3, -0.25) is 4.31 Å². The predicted molar refractivity (Wildman–Crippen MR) is 110 cm³/mol. The van der Waals surface area contributed by atoms with Gasteiger partial charge in [-0.25, -0.2) is 13.2 Å². The number of aryl methyl sites for hydroxylation is 2. The number of carbonyl (C=O) groups is 1. The van der Waals surface area contributed by atoms with Crippen LogP contribution in [0.3, 0.4) is 0 Å². The van der Waals surface area contributed by atoms with Crippen molar-refractivity contribution in [2.24, 2.45) is 0 Å². The Morgan fingerprint density at radius 1 is 1.29 bits per heavy atom. The minimum absolute atomic E-state index is 0.0791. The molecular formula is C20H24N2O4S2. The first kappa shape index (κ1) is 19.4. The summed E-state index contributed by atoms with van der Waals surface area (Å²) in [5.41, 5.74) is 3.51. The fourth-order valence-electron chi connectivity index (χ4n) is 4.43. The van der Waals surface area contributed by atoms with Crippen LogP contribution in [0.2, 0.25) is 0 Å². The van der Waals surface area contributed by atoms with E-state index in [0.717, 1.165) is 47.7 Å². The first-order valence-corrected chi connectivity index (χ1v) is 11.6. The summed E-state index contributed by atoms with van der Waals surface area (Å²) in [7, 11) is -0.558. The van der Waals surface area contributed by atoms with Crippen LogP contribution < -0.4 is 4.31 Å². The average molecular weight is 421 g/mol. The first-order valence-electron chi connectivity index (χ1n) is 9.25. The van der Waals surface area contributed by atoms with Crippen molar-refractivity contribution < 1.29 is 17.9 Å². The molecule has 8 heteroatoms. The number of likely N-dealkylation sites (tertiary alicyclic amines) is 1. The molecule has 1 fully saturated rings. The number of benzene rings is 1. The lowest BCUT2D eigenvalue weighted by atomic mass is 9.89. The van der Waals surface area contributed by atoms with Crippen LogP contribution >= 0.6 is 11.3 Å². The lowest BCUT2D eigenvalue weighted by Crippen LogP contribution is -2.47. The lowest BCUT2D eigenvalue weighted by molar-refractivity contribution is 0.0602. The van der Waals surface area contributed by atoms with Gasteiger partial charge in [0.2, 0.25) is 0 Å². The molecule has 1 saturated heterocycles. The quantitative estimate of drug-likeness (QED) is 0.714. The van der Waals surface area contributed by atoms with Crippen LogP contribution in [-0.2, 0) is 14.8 Å². The van der Waals surface area contributed by atoms with Crippen LogP contribution in [0.1, 0.15) is 38.7 Å². The van der Waals surface area contributed by atoms with Gasteiger partial charge in [0.25, 0.3) is 10.0 Å². The van der Waals surface area contributed by atoms with E-state index in [-0.39, 0.29) is 21.7 Å². The molecule has 3 heterocycles. The Labute approximate surface area is 169 Å². The van der Waals surface area contributed by atoms with Crippen molar-refractivity contribution >= 4 is 33.0 Å². The van der Waals surface area contributed by atoms with Gasteiger partial charge in [-0.1, -0.05) is 17.7 Å². The maximum Gasteiger partial charge on any atom is 0.349 e. The molecule has 6 nitrogen and oxygen atoms in total. The highest BCUT2D eigenvalue weighted by molar-refractivity contribution is 7.93. The highest BCUT2D eigenvalue weighted by Gasteiger charge is 2.48. The number of methoxy groups -OCH3 is 1. The zero-order valence-electron chi connectivity index (χ0n) is 16.4. The van der Waals surface area contributed by atoms with Crippen LogP contribution in [0.5, 0.6) is 0 Å². The number of sulfonamides is 1. The number of ether oxygens (including phenoxy) is 1. The molecule has 0 amide bonds. The fraction of sp³-hybridized carbons (Fsp3) is 0.450. The topological polar surface area (TPSA) is 66.9 Å². The van der Waals surface area contributed by atoms with Crippen LogP contribution in [0.15, 0.2) is 28.5 Å². The number of piperidine rings is 1. The van der Waals surface area contributed by atoms with Crippen molar-refractivity contribution in [2.45, 2.75) is 37.1 Å². The normalized spacial score (nSPS) is 22.1. The van der Waals surface area contributed by atoms with Crippen molar-refractivity contribution in [3.8, 4) is 0 Å². The average Bonchev–Trinajstić information content (AvgIpc) is 3.19. The Morgan fingerprint density at radius 3 is 2.75 bits per heavy atom. The molecule has 28 heavy (non-hydrogen) atoms. The molecule has 0 spiro atoms. The minimum Gasteiger partial charge on any atom is -0.465 e. The molecule has 1 aromatic carbocycles. The van der Waals surface area contributed by atoms with Crippen LogP contribution in [-0.4, -0.2) is 52.6 Å². The number of carbonyl (C=O) groups excluding carboxylic acids is 1. The smallest absolute Gasteiger partial charge is 0.349 e. The number of rotatable bonds is 3. The molecular weight excluding hydrogens is 396 g/mol. The molecule has 0 unspecified atom stereocenters.